The predicted molar refractivity (Wildman–Crippen MR) is 151 cm³/mol. The minimum Gasteiger partial charge on any atom is -0.384 e. The van der Waals surface area contributed by atoms with Gasteiger partial charge in [0.2, 0.25) is 5.91 Å². The van der Waals surface area contributed by atoms with Gasteiger partial charge in [-0.05, 0) is 82.9 Å². The summed E-state index contributed by atoms with van der Waals surface area (Å²) in [7, 11) is 0. The summed E-state index contributed by atoms with van der Waals surface area (Å²) in [5.41, 5.74) is 12.2. The maximum atomic E-state index is 13.7. The molecule has 1 aromatic carbocycles. The highest BCUT2D eigenvalue weighted by Crippen LogP contribution is 2.39. The third kappa shape index (κ3) is 5.35. The monoisotopic (exact) mass is 515 g/mol. The minimum atomic E-state index is -0.300. The number of nitrogens with zero attached hydrogens (tertiary/aromatic N) is 2. The molecule has 2 amide bonds. The van der Waals surface area contributed by atoms with Crippen molar-refractivity contribution < 1.29 is 9.59 Å². The molecular weight excluding hydrogens is 478 g/mol. The van der Waals surface area contributed by atoms with Crippen molar-refractivity contribution in [2.75, 3.05) is 17.2 Å². The molecule has 0 saturated heterocycles. The van der Waals surface area contributed by atoms with E-state index in [0.717, 1.165) is 59.4 Å². The Hall–Kier alpha value is -3.94. The highest BCUT2D eigenvalue weighted by Gasteiger charge is 2.31. The van der Waals surface area contributed by atoms with Gasteiger partial charge in [0, 0.05) is 52.6 Å². The average Bonchev–Trinajstić information content (AvgIpc) is 3.40. The Morgan fingerprint density at radius 3 is 2.39 bits per heavy atom. The summed E-state index contributed by atoms with van der Waals surface area (Å²) in [6, 6.07) is 9.21. The molecule has 8 nitrogen and oxygen atoms in total. The minimum absolute atomic E-state index is 0.0124. The number of hydrogen-bond acceptors (Lipinski definition) is 5. The lowest BCUT2D eigenvalue weighted by atomic mass is 9.93. The molecule has 1 aliphatic rings. The summed E-state index contributed by atoms with van der Waals surface area (Å²) in [5, 5.41) is 2.91. The summed E-state index contributed by atoms with van der Waals surface area (Å²) in [6.45, 7) is 10.0. The normalized spacial score (nSPS) is 13.5. The largest absolute Gasteiger partial charge is 0.384 e. The molecule has 38 heavy (non-hydrogen) atoms. The van der Waals surface area contributed by atoms with E-state index in [2.05, 4.69) is 15.3 Å². The van der Waals surface area contributed by atoms with E-state index >= 15 is 0 Å². The Morgan fingerprint density at radius 2 is 1.76 bits per heavy atom. The number of carbonyl (C=O) groups excluding carboxylic acids is 2. The van der Waals surface area contributed by atoms with Crippen LogP contribution in [0.1, 0.15) is 71.0 Å². The molecule has 1 saturated carbocycles. The van der Waals surface area contributed by atoms with Crippen LogP contribution in [0.5, 0.6) is 0 Å². The van der Waals surface area contributed by atoms with Crippen molar-refractivity contribution in [1.29, 1.82) is 0 Å². The van der Waals surface area contributed by atoms with Crippen molar-refractivity contribution in [3.63, 3.8) is 0 Å². The Kier molecular flexibility index (Phi) is 7.99. The highest BCUT2D eigenvalue weighted by molar-refractivity contribution is 6.04. The van der Waals surface area contributed by atoms with E-state index in [-0.39, 0.29) is 29.8 Å². The van der Waals surface area contributed by atoms with Gasteiger partial charge < -0.3 is 20.9 Å². The van der Waals surface area contributed by atoms with E-state index in [0.29, 0.717) is 29.1 Å². The van der Waals surface area contributed by atoms with Crippen molar-refractivity contribution in [3.05, 3.63) is 74.3 Å². The summed E-state index contributed by atoms with van der Waals surface area (Å²) in [4.78, 5) is 48.6. The number of hydrogen-bond donors (Lipinski definition) is 3. The zero-order valence-electron chi connectivity index (χ0n) is 22.9. The number of aromatic amines is 1. The lowest BCUT2D eigenvalue weighted by Crippen LogP contribution is -2.36. The second kappa shape index (κ2) is 11.2. The molecule has 2 heterocycles. The molecule has 0 bridgehead atoms. The van der Waals surface area contributed by atoms with Crippen LogP contribution in [-0.2, 0) is 11.3 Å². The lowest BCUT2D eigenvalue weighted by Gasteiger charge is -2.29. The van der Waals surface area contributed by atoms with E-state index in [9.17, 15) is 14.4 Å². The van der Waals surface area contributed by atoms with Crippen LogP contribution in [0.4, 0.5) is 11.5 Å². The molecule has 4 N–H and O–H groups in total. The fraction of sp³-hybridized carbons (Fsp3) is 0.400. The number of pyridine rings is 2. The van der Waals surface area contributed by atoms with Crippen LogP contribution in [0.3, 0.4) is 0 Å². The predicted octanol–water partition coefficient (Wildman–Crippen LogP) is 4.73. The van der Waals surface area contributed by atoms with Crippen molar-refractivity contribution in [1.82, 2.24) is 15.3 Å². The van der Waals surface area contributed by atoms with Gasteiger partial charge in [-0.25, -0.2) is 4.98 Å². The number of aryl methyl sites for hydroxylation is 3. The van der Waals surface area contributed by atoms with Gasteiger partial charge >= 0.3 is 0 Å². The number of H-pyrrole nitrogens is 1. The first kappa shape index (κ1) is 27.1. The molecule has 200 valence electrons. The molecule has 4 rings (SSSR count). The first-order valence-electron chi connectivity index (χ1n) is 13.3. The average molecular weight is 516 g/mol. The van der Waals surface area contributed by atoms with Gasteiger partial charge in [-0.15, -0.1) is 0 Å². The number of aromatic nitrogens is 2. The zero-order valence-corrected chi connectivity index (χ0v) is 22.9. The number of amides is 2. The van der Waals surface area contributed by atoms with E-state index in [1.165, 1.54) is 0 Å². The Morgan fingerprint density at radius 1 is 1.08 bits per heavy atom. The molecule has 8 heteroatoms. The molecular formula is C30H37N5O3. The second-order valence-corrected chi connectivity index (χ2v) is 10.2. The van der Waals surface area contributed by atoms with Crippen LogP contribution in [0.25, 0.3) is 11.1 Å². The zero-order chi connectivity index (χ0) is 27.6. The number of nitrogens with two attached hydrogens (primary N) is 1. The van der Waals surface area contributed by atoms with E-state index in [1.54, 1.807) is 12.1 Å². The summed E-state index contributed by atoms with van der Waals surface area (Å²) in [5.74, 6) is 0.207. The molecule has 0 atom stereocenters. The van der Waals surface area contributed by atoms with Crippen molar-refractivity contribution in [2.24, 2.45) is 5.92 Å². The van der Waals surface area contributed by atoms with Crippen molar-refractivity contribution >= 4 is 23.3 Å². The van der Waals surface area contributed by atoms with Gasteiger partial charge in [-0.3, -0.25) is 14.4 Å². The molecule has 0 aliphatic heterocycles. The second-order valence-electron chi connectivity index (χ2n) is 10.2. The number of benzene rings is 1. The van der Waals surface area contributed by atoms with Crippen LogP contribution in [0, 0.1) is 33.6 Å². The summed E-state index contributed by atoms with van der Waals surface area (Å²) >= 11 is 0. The number of rotatable bonds is 7. The van der Waals surface area contributed by atoms with Crippen molar-refractivity contribution in [2.45, 2.75) is 66.8 Å². The number of carbonyl (C=O) groups is 2. The SMILES string of the molecule is CCN(C(=O)C1CCCC1)c1c(-c2ccc(N)nc2C)ccc(C(=O)NCc2c(C)cc(C)[nH]c2=O)c1C. The Balaban J connectivity index is 1.77. The first-order chi connectivity index (χ1) is 18.1. The molecule has 0 spiro atoms. The van der Waals surface area contributed by atoms with Crippen LogP contribution < -0.4 is 21.5 Å². The van der Waals surface area contributed by atoms with Gasteiger partial charge in [0.15, 0.2) is 0 Å². The lowest BCUT2D eigenvalue weighted by molar-refractivity contribution is -0.122. The fourth-order valence-electron chi connectivity index (χ4n) is 5.56. The Labute approximate surface area is 223 Å². The van der Waals surface area contributed by atoms with Gasteiger partial charge in [-0.2, -0.15) is 0 Å². The van der Waals surface area contributed by atoms with Crippen LogP contribution in [0.2, 0.25) is 0 Å². The van der Waals surface area contributed by atoms with Crippen LogP contribution in [-0.4, -0.2) is 28.3 Å². The number of nitrogen functional groups attached to an aromatic ring is 1. The van der Waals surface area contributed by atoms with Gasteiger partial charge in [0.1, 0.15) is 5.82 Å². The maximum absolute atomic E-state index is 13.7. The third-order valence-corrected chi connectivity index (χ3v) is 7.55. The summed E-state index contributed by atoms with van der Waals surface area (Å²) < 4.78 is 0. The standard InChI is InChI=1S/C30H37N5O3/c1-6-35(30(38)21-9-7-8-10-21)27-19(4)22(11-12-24(27)23-13-14-26(31)34-20(23)5)28(36)32-16-25-17(2)15-18(3)33-29(25)37/h11-15,21H,6-10,16H2,1-5H3,(H2,31,34)(H,32,36)(H,33,37). The van der Waals surface area contributed by atoms with Gasteiger partial charge in [-0.1, -0.05) is 18.9 Å². The van der Waals surface area contributed by atoms with E-state index < -0.39 is 0 Å². The summed E-state index contributed by atoms with van der Waals surface area (Å²) in [6.07, 6.45) is 3.88. The molecule has 0 radical (unpaired) electrons. The molecule has 0 unspecified atom stereocenters. The first-order valence-corrected chi connectivity index (χ1v) is 13.3. The van der Waals surface area contributed by atoms with Crippen molar-refractivity contribution in [3.8, 4) is 11.1 Å². The maximum Gasteiger partial charge on any atom is 0.253 e. The van der Waals surface area contributed by atoms with Crippen LogP contribution >= 0.6 is 0 Å². The fourth-order valence-corrected chi connectivity index (χ4v) is 5.56. The quantitative estimate of drug-likeness (QED) is 0.420. The van der Waals surface area contributed by atoms with Gasteiger partial charge in [0.05, 0.1) is 5.69 Å². The number of anilines is 2. The van der Waals surface area contributed by atoms with E-state index in [4.69, 9.17) is 5.73 Å². The number of nitrogens with one attached hydrogen (secondary N) is 2. The van der Waals surface area contributed by atoms with E-state index in [1.807, 2.05) is 57.7 Å². The highest BCUT2D eigenvalue weighted by atomic mass is 16.2. The topological polar surface area (TPSA) is 121 Å². The molecule has 3 aromatic rings. The molecule has 1 aliphatic carbocycles. The van der Waals surface area contributed by atoms with Crippen LogP contribution in [0.15, 0.2) is 35.1 Å². The molecule has 1 fully saturated rings. The smallest absolute Gasteiger partial charge is 0.253 e. The third-order valence-electron chi connectivity index (χ3n) is 7.55. The Bertz CT molecular complexity index is 1440. The van der Waals surface area contributed by atoms with Gasteiger partial charge in [0.25, 0.3) is 11.5 Å². The molecule has 2 aromatic heterocycles.